The normalized spacial score (nSPS) is 19.6. The van der Waals surface area contributed by atoms with Gasteiger partial charge in [0.05, 0.1) is 0 Å². The Labute approximate surface area is 181 Å². The van der Waals surface area contributed by atoms with Crippen molar-refractivity contribution in [2.75, 3.05) is 0 Å². The third kappa shape index (κ3) is 7.74. The molecule has 2 rings (SSSR count). The van der Waals surface area contributed by atoms with Crippen molar-refractivity contribution in [3.8, 4) is 11.5 Å². The van der Waals surface area contributed by atoms with E-state index in [0.717, 1.165) is 68.2 Å². The number of aromatic hydroxyl groups is 1. The molecule has 1 aromatic carbocycles. The summed E-state index contributed by atoms with van der Waals surface area (Å²) >= 11 is 0. The van der Waals surface area contributed by atoms with Crippen LogP contribution in [-0.2, 0) is 11.2 Å². The van der Waals surface area contributed by atoms with Crippen molar-refractivity contribution >= 4 is 5.97 Å². The molecule has 2 N–H and O–H groups in total. The van der Waals surface area contributed by atoms with Crippen molar-refractivity contribution in [1.29, 1.82) is 0 Å². The van der Waals surface area contributed by atoms with Crippen LogP contribution in [0, 0.1) is 6.92 Å². The SMILES string of the molecule is C/C(=C\CC/C(C)=C/CC[C@]1(C)CCc2cc(O)cc(C)c2O1)CC/C=C/C(=O)O. The highest BCUT2D eigenvalue weighted by Crippen LogP contribution is 2.39. The number of benzene rings is 1. The Morgan fingerprint density at radius 3 is 2.50 bits per heavy atom. The van der Waals surface area contributed by atoms with Gasteiger partial charge in [-0.2, -0.15) is 0 Å². The minimum Gasteiger partial charge on any atom is -0.508 e. The number of allylic oxidation sites excluding steroid dienone is 5. The number of ether oxygens (including phenoxy) is 1. The monoisotopic (exact) mass is 412 g/mol. The molecular formula is C26H36O4. The second-order valence-corrected chi connectivity index (χ2v) is 8.76. The van der Waals surface area contributed by atoms with Gasteiger partial charge >= 0.3 is 5.97 Å². The number of fused-ring (bicyclic) bond motifs is 1. The van der Waals surface area contributed by atoms with Gasteiger partial charge in [-0.25, -0.2) is 4.79 Å². The maximum absolute atomic E-state index is 10.5. The van der Waals surface area contributed by atoms with E-state index in [1.165, 1.54) is 17.2 Å². The molecular weight excluding hydrogens is 376 g/mol. The highest BCUT2D eigenvalue weighted by atomic mass is 16.5. The van der Waals surface area contributed by atoms with Gasteiger partial charge in [-0.3, -0.25) is 0 Å². The zero-order valence-electron chi connectivity index (χ0n) is 18.8. The standard InChI is InChI=1S/C26H36O4/c1-19(9-5-6-13-24(28)29)10-7-11-20(2)12-8-15-26(4)16-14-22-18-23(27)17-21(3)25(22)30-26/h6,10,12-13,17-18,27H,5,7-9,11,14-16H2,1-4H3,(H,28,29)/b13-6+,19-10+,20-12+/t26-/m1/s1. The van der Waals surface area contributed by atoms with E-state index in [1.807, 2.05) is 13.0 Å². The summed E-state index contributed by atoms with van der Waals surface area (Å²) in [7, 11) is 0. The maximum atomic E-state index is 10.5. The van der Waals surface area contributed by atoms with Crippen molar-refractivity contribution in [1.82, 2.24) is 0 Å². The van der Waals surface area contributed by atoms with Crippen LogP contribution in [0.1, 0.15) is 76.8 Å². The molecule has 0 aliphatic carbocycles. The van der Waals surface area contributed by atoms with Gasteiger partial charge in [0.2, 0.25) is 0 Å². The van der Waals surface area contributed by atoms with E-state index >= 15 is 0 Å². The summed E-state index contributed by atoms with van der Waals surface area (Å²) < 4.78 is 6.37. The molecule has 0 fully saturated rings. The predicted octanol–water partition coefficient (Wildman–Crippen LogP) is 6.66. The molecule has 0 aromatic heterocycles. The van der Waals surface area contributed by atoms with Crippen LogP contribution in [0.5, 0.6) is 11.5 Å². The summed E-state index contributed by atoms with van der Waals surface area (Å²) in [6.07, 6.45) is 15.1. The minimum absolute atomic E-state index is 0.161. The first-order chi connectivity index (χ1) is 14.2. The number of hydrogen-bond donors (Lipinski definition) is 2. The number of hydrogen-bond acceptors (Lipinski definition) is 3. The topological polar surface area (TPSA) is 66.8 Å². The molecule has 0 radical (unpaired) electrons. The van der Waals surface area contributed by atoms with Gasteiger partial charge < -0.3 is 14.9 Å². The number of phenolic OH excluding ortho intramolecular Hbond substituents is 1. The van der Waals surface area contributed by atoms with Crippen molar-refractivity contribution in [3.63, 3.8) is 0 Å². The van der Waals surface area contributed by atoms with Crippen LogP contribution in [-0.4, -0.2) is 21.8 Å². The van der Waals surface area contributed by atoms with E-state index < -0.39 is 5.97 Å². The van der Waals surface area contributed by atoms with Gasteiger partial charge in [-0.1, -0.05) is 29.4 Å². The Balaban J connectivity index is 1.76. The second kappa shape index (κ2) is 11.1. The largest absolute Gasteiger partial charge is 0.508 e. The van der Waals surface area contributed by atoms with Crippen LogP contribution in [0.3, 0.4) is 0 Å². The molecule has 1 atom stereocenters. The molecule has 1 aromatic rings. The number of carbonyl (C=O) groups is 1. The molecule has 1 aliphatic rings. The molecule has 1 heterocycles. The summed E-state index contributed by atoms with van der Waals surface area (Å²) in [5, 5.41) is 18.4. The van der Waals surface area contributed by atoms with E-state index in [1.54, 1.807) is 12.1 Å². The fraction of sp³-hybridized carbons (Fsp3) is 0.500. The third-order valence-corrected chi connectivity index (χ3v) is 5.77. The first kappa shape index (κ1) is 23.8. The van der Waals surface area contributed by atoms with E-state index in [9.17, 15) is 9.90 Å². The Hall–Kier alpha value is -2.49. The van der Waals surface area contributed by atoms with Crippen molar-refractivity contribution in [3.05, 3.63) is 58.7 Å². The molecule has 164 valence electrons. The molecule has 4 nitrogen and oxygen atoms in total. The third-order valence-electron chi connectivity index (χ3n) is 5.77. The van der Waals surface area contributed by atoms with Crippen molar-refractivity contribution in [2.24, 2.45) is 0 Å². The lowest BCUT2D eigenvalue weighted by molar-refractivity contribution is -0.131. The fourth-order valence-electron chi connectivity index (χ4n) is 3.90. The smallest absolute Gasteiger partial charge is 0.327 e. The highest BCUT2D eigenvalue weighted by Gasteiger charge is 2.31. The molecule has 0 saturated carbocycles. The van der Waals surface area contributed by atoms with Crippen molar-refractivity contribution in [2.45, 2.75) is 84.7 Å². The summed E-state index contributed by atoms with van der Waals surface area (Å²) in [6, 6.07) is 3.59. The van der Waals surface area contributed by atoms with Crippen LogP contribution in [0.2, 0.25) is 0 Å². The number of phenols is 1. The molecule has 4 heteroatoms. The summed E-state index contributed by atoms with van der Waals surface area (Å²) in [6.45, 7) is 8.47. The van der Waals surface area contributed by atoms with Gasteiger partial charge in [0, 0.05) is 6.08 Å². The van der Waals surface area contributed by atoms with Gasteiger partial charge in [-0.15, -0.1) is 0 Å². The predicted molar refractivity (Wildman–Crippen MR) is 122 cm³/mol. The minimum atomic E-state index is -0.886. The lowest BCUT2D eigenvalue weighted by atomic mass is 9.87. The van der Waals surface area contributed by atoms with E-state index in [-0.39, 0.29) is 5.60 Å². The van der Waals surface area contributed by atoms with Crippen LogP contribution in [0.25, 0.3) is 0 Å². The zero-order valence-corrected chi connectivity index (χ0v) is 18.8. The lowest BCUT2D eigenvalue weighted by Gasteiger charge is -2.36. The first-order valence-electron chi connectivity index (χ1n) is 10.9. The molecule has 1 aliphatic heterocycles. The molecule has 0 amide bonds. The Bertz CT molecular complexity index is 832. The van der Waals surface area contributed by atoms with Crippen LogP contribution >= 0.6 is 0 Å². The second-order valence-electron chi connectivity index (χ2n) is 8.76. The summed E-state index contributed by atoms with van der Waals surface area (Å²) in [5.41, 5.74) is 4.65. The highest BCUT2D eigenvalue weighted by molar-refractivity contribution is 5.79. The average molecular weight is 413 g/mol. The molecule has 0 bridgehead atoms. The summed E-state index contributed by atoms with van der Waals surface area (Å²) in [5.74, 6) is 0.377. The average Bonchev–Trinajstić information content (AvgIpc) is 2.66. The Kier molecular flexibility index (Phi) is 8.76. The van der Waals surface area contributed by atoms with Gasteiger partial charge in [0.15, 0.2) is 0 Å². The van der Waals surface area contributed by atoms with Crippen molar-refractivity contribution < 1.29 is 19.7 Å². The molecule has 0 saturated heterocycles. The first-order valence-corrected chi connectivity index (χ1v) is 10.9. The molecule has 0 unspecified atom stereocenters. The van der Waals surface area contributed by atoms with Gasteiger partial charge in [0.1, 0.15) is 17.1 Å². The summed E-state index contributed by atoms with van der Waals surface area (Å²) in [4.78, 5) is 10.5. The molecule has 0 spiro atoms. The quantitative estimate of drug-likeness (QED) is 0.333. The fourth-order valence-corrected chi connectivity index (χ4v) is 3.90. The number of aliphatic carboxylic acids is 1. The van der Waals surface area contributed by atoms with Crippen LogP contribution in [0.15, 0.2) is 47.6 Å². The van der Waals surface area contributed by atoms with Gasteiger partial charge in [-0.05, 0) is 102 Å². The maximum Gasteiger partial charge on any atom is 0.327 e. The van der Waals surface area contributed by atoms with Crippen LogP contribution < -0.4 is 4.74 Å². The molecule has 30 heavy (non-hydrogen) atoms. The lowest BCUT2D eigenvalue weighted by Crippen LogP contribution is -2.36. The van der Waals surface area contributed by atoms with Gasteiger partial charge in [0.25, 0.3) is 0 Å². The zero-order chi connectivity index (χ0) is 22.1. The van der Waals surface area contributed by atoms with E-state index in [0.29, 0.717) is 5.75 Å². The van der Waals surface area contributed by atoms with Crippen LogP contribution in [0.4, 0.5) is 0 Å². The van der Waals surface area contributed by atoms with E-state index in [2.05, 4.69) is 32.9 Å². The number of carboxylic acid groups (broad SMARTS) is 1. The Morgan fingerprint density at radius 2 is 1.80 bits per heavy atom. The number of aryl methyl sites for hydroxylation is 2. The van der Waals surface area contributed by atoms with E-state index in [4.69, 9.17) is 9.84 Å². The number of carboxylic acids is 1. The Morgan fingerprint density at radius 1 is 1.13 bits per heavy atom. The number of rotatable bonds is 10.